The molecule has 0 aliphatic rings. The van der Waals surface area contributed by atoms with Crippen molar-refractivity contribution in [1.29, 1.82) is 0 Å². The number of thiophene rings is 1. The van der Waals surface area contributed by atoms with Gasteiger partial charge < -0.3 is 4.74 Å². The molecule has 0 aromatic carbocycles. The second-order valence-electron chi connectivity index (χ2n) is 5.00. The SMILES string of the molecule is CCOC(=O)C(C)(C)c1csc(-c2ccc(CC)s2)n1. The van der Waals surface area contributed by atoms with Crippen LogP contribution in [0.2, 0.25) is 0 Å². The van der Waals surface area contributed by atoms with Gasteiger partial charge in [-0.1, -0.05) is 6.92 Å². The zero-order valence-corrected chi connectivity index (χ0v) is 13.9. The average molecular weight is 309 g/mol. The van der Waals surface area contributed by atoms with E-state index in [4.69, 9.17) is 4.74 Å². The molecule has 0 unspecified atom stereocenters. The third kappa shape index (κ3) is 2.94. The van der Waals surface area contributed by atoms with Gasteiger partial charge in [-0.25, -0.2) is 4.98 Å². The monoisotopic (exact) mass is 309 g/mol. The van der Waals surface area contributed by atoms with E-state index in [1.165, 1.54) is 4.88 Å². The summed E-state index contributed by atoms with van der Waals surface area (Å²) in [6, 6.07) is 4.24. The van der Waals surface area contributed by atoms with Crippen molar-refractivity contribution < 1.29 is 9.53 Å². The lowest BCUT2D eigenvalue weighted by molar-refractivity contribution is -0.148. The Hall–Kier alpha value is -1.20. The highest BCUT2D eigenvalue weighted by molar-refractivity contribution is 7.21. The quantitative estimate of drug-likeness (QED) is 0.774. The Morgan fingerprint density at radius 2 is 2.10 bits per heavy atom. The summed E-state index contributed by atoms with van der Waals surface area (Å²) in [6.07, 6.45) is 1.04. The van der Waals surface area contributed by atoms with Crippen molar-refractivity contribution in [3.63, 3.8) is 0 Å². The van der Waals surface area contributed by atoms with Crippen molar-refractivity contribution in [3.8, 4) is 9.88 Å². The maximum absolute atomic E-state index is 12.0. The fraction of sp³-hybridized carbons (Fsp3) is 0.467. The first-order valence-electron chi connectivity index (χ1n) is 6.71. The number of hydrogen-bond donors (Lipinski definition) is 0. The van der Waals surface area contributed by atoms with Crippen LogP contribution in [0.15, 0.2) is 17.5 Å². The Balaban J connectivity index is 2.26. The molecule has 2 aromatic rings. The molecule has 0 N–H and O–H groups in total. The number of aryl methyl sites for hydroxylation is 1. The predicted molar refractivity (Wildman–Crippen MR) is 84.5 cm³/mol. The van der Waals surface area contributed by atoms with Gasteiger partial charge in [-0.2, -0.15) is 0 Å². The molecule has 0 spiro atoms. The molecule has 5 heteroatoms. The Morgan fingerprint density at radius 3 is 2.70 bits per heavy atom. The highest BCUT2D eigenvalue weighted by Gasteiger charge is 2.34. The van der Waals surface area contributed by atoms with E-state index in [0.717, 1.165) is 22.0 Å². The first-order valence-corrected chi connectivity index (χ1v) is 8.41. The van der Waals surface area contributed by atoms with E-state index in [1.54, 1.807) is 22.7 Å². The topological polar surface area (TPSA) is 39.2 Å². The number of ether oxygens (including phenoxy) is 1. The molecule has 0 saturated carbocycles. The lowest BCUT2D eigenvalue weighted by Gasteiger charge is -2.19. The Morgan fingerprint density at radius 1 is 1.35 bits per heavy atom. The summed E-state index contributed by atoms with van der Waals surface area (Å²) in [5.41, 5.74) is 0.0812. The summed E-state index contributed by atoms with van der Waals surface area (Å²) in [7, 11) is 0. The minimum absolute atomic E-state index is 0.225. The maximum Gasteiger partial charge on any atom is 0.317 e. The Bertz CT molecular complexity index is 599. The van der Waals surface area contributed by atoms with Crippen LogP contribution in [0.25, 0.3) is 9.88 Å². The Labute approximate surface area is 127 Å². The molecule has 0 aliphatic carbocycles. The van der Waals surface area contributed by atoms with Crippen LogP contribution in [0.5, 0.6) is 0 Å². The number of thiazole rings is 1. The van der Waals surface area contributed by atoms with E-state index in [0.29, 0.717) is 6.61 Å². The number of carbonyl (C=O) groups is 1. The van der Waals surface area contributed by atoms with Crippen LogP contribution in [0.4, 0.5) is 0 Å². The molecular formula is C15H19NO2S2. The number of aromatic nitrogens is 1. The van der Waals surface area contributed by atoms with E-state index in [2.05, 4.69) is 24.0 Å². The van der Waals surface area contributed by atoms with Crippen LogP contribution >= 0.6 is 22.7 Å². The van der Waals surface area contributed by atoms with Gasteiger partial charge in [-0.05, 0) is 39.3 Å². The molecule has 108 valence electrons. The normalized spacial score (nSPS) is 11.6. The third-order valence-electron chi connectivity index (χ3n) is 3.15. The lowest BCUT2D eigenvalue weighted by Crippen LogP contribution is -2.31. The van der Waals surface area contributed by atoms with Gasteiger partial charge in [0.05, 0.1) is 17.2 Å². The third-order valence-corrected chi connectivity index (χ3v) is 5.39. The van der Waals surface area contributed by atoms with Gasteiger partial charge in [0.25, 0.3) is 0 Å². The molecule has 20 heavy (non-hydrogen) atoms. The minimum Gasteiger partial charge on any atom is -0.465 e. The van der Waals surface area contributed by atoms with Gasteiger partial charge in [0, 0.05) is 10.3 Å². The summed E-state index contributed by atoms with van der Waals surface area (Å²) in [5.74, 6) is -0.225. The first kappa shape index (κ1) is 15.2. The van der Waals surface area contributed by atoms with Crippen LogP contribution in [-0.2, 0) is 21.4 Å². The molecule has 3 nitrogen and oxygen atoms in total. The molecule has 2 rings (SSSR count). The van der Waals surface area contributed by atoms with Crippen LogP contribution in [0.3, 0.4) is 0 Å². The van der Waals surface area contributed by atoms with Gasteiger partial charge in [0.1, 0.15) is 10.4 Å². The largest absolute Gasteiger partial charge is 0.465 e. The zero-order chi connectivity index (χ0) is 14.8. The second kappa shape index (κ2) is 6.06. The Kier molecular flexibility index (Phi) is 4.60. The predicted octanol–water partition coefficient (Wildman–Crippen LogP) is 4.27. The van der Waals surface area contributed by atoms with Crippen molar-refractivity contribution in [3.05, 3.63) is 28.1 Å². The molecule has 0 atom stereocenters. The lowest BCUT2D eigenvalue weighted by atomic mass is 9.90. The molecule has 0 saturated heterocycles. The molecular weight excluding hydrogens is 290 g/mol. The molecule has 0 amide bonds. The number of carbonyl (C=O) groups excluding carboxylic acids is 1. The summed E-state index contributed by atoms with van der Waals surface area (Å²) >= 11 is 3.34. The number of rotatable bonds is 5. The molecule has 0 bridgehead atoms. The molecule has 2 heterocycles. The minimum atomic E-state index is -0.699. The van der Waals surface area contributed by atoms with Gasteiger partial charge >= 0.3 is 5.97 Å². The van der Waals surface area contributed by atoms with Crippen molar-refractivity contribution in [2.75, 3.05) is 6.61 Å². The standard InChI is InChI=1S/C15H19NO2S2/c1-5-10-7-8-11(20-10)13-16-12(9-19-13)15(3,4)14(17)18-6-2/h7-9H,5-6H2,1-4H3. The molecule has 0 aliphatic heterocycles. The second-order valence-corrected chi connectivity index (χ2v) is 7.03. The fourth-order valence-corrected chi connectivity index (χ4v) is 3.78. The summed E-state index contributed by atoms with van der Waals surface area (Å²) < 4.78 is 5.13. The van der Waals surface area contributed by atoms with Gasteiger partial charge in [-0.3, -0.25) is 4.79 Å². The zero-order valence-electron chi connectivity index (χ0n) is 12.2. The maximum atomic E-state index is 12.0. The van der Waals surface area contributed by atoms with Crippen LogP contribution in [0, 0.1) is 0 Å². The van der Waals surface area contributed by atoms with Crippen LogP contribution in [0.1, 0.15) is 38.3 Å². The molecule has 2 aromatic heterocycles. The molecule has 0 fully saturated rings. The van der Waals surface area contributed by atoms with E-state index in [-0.39, 0.29) is 5.97 Å². The molecule has 0 radical (unpaired) electrons. The first-order chi connectivity index (χ1) is 9.48. The van der Waals surface area contributed by atoms with Crippen molar-refractivity contribution in [2.24, 2.45) is 0 Å². The van der Waals surface area contributed by atoms with Crippen molar-refractivity contribution in [1.82, 2.24) is 4.98 Å². The van der Waals surface area contributed by atoms with Gasteiger partial charge in [-0.15, -0.1) is 22.7 Å². The van der Waals surface area contributed by atoms with E-state index >= 15 is 0 Å². The highest BCUT2D eigenvalue weighted by Crippen LogP contribution is 2.34. The summed E-state index contributed by atoms with van der Waals surface area (Å²) in [6.45, 7) is 8.07. The van der Waals surface area contributed by atoms with Crippen LogP contribution in [-0.4, -0.2) is 17.6 Å². The van der Waals surface area contributed by atoms with E-state index < -0.39 is 5.41 Å². The number of esters is 1. The van der Waals surface area contributed by atoms with E-state index in [1.807, 2.05) is 26.2 Å². The fourth-order valence-electron chi connectivity index (χ4n) is 1.77. The van der Waals surface area contributed by atoms with Gasteiger partial charge in [0.15, 0.2) is 0 Å². The number of nitrogens with zero attached hydrogens (tertiary/aromatic N) is 1. The smallest absolute Gasteiger partial charge is 0.317 e. The summed E-state index contributed by atoms with van der Waals surface area (Å²) in [5, 5.41) is 2.93. The van der Waals surface area contributed by atoms with Crippen molar-refractivity contribution in [2.45, 2.75) is 39.5 Å². The van der Waals surface area contributed by atoms with Crippen molar-refractivity contribution >= 4 is 28.6 Å². The van der Waals surface area contributed by atoms with Gasteiger partial charge in [0.2, 0.25) is 0 Å². The average Bonchev–Trinajstić information content (AvgIpc) is 3.07. The highest BCUT2D eigenvalue weighted by atomic mass is 32.1. The summed E-state index contributed by atoms with van der Waals surface area (Å²) in [4.78, 5) is 19.2. The van der Waals surface area contributed by atoms with Crippen LogP contribution < -0.4 is 0 Å². The van der Waals surface area contributed by atoms with E-state index in [9.17, 15) is 4.79 Å². The number of hydrogen-bond acceptors (Lipinski definition) is 5.